The molecule has 9 heteroatoms. The molecule has 0 aromatic carbocycles. The first-order valence-electron chi connectivity index (χ1n) is 6.02. The van der Waals surface area contributed by atoms with Crippen LogP contribution >= 0.6 is 11.3 Å². The first-order valence-corrected chi connectivity index (χ1v) is 8.38. The summed E-state index contributed by atoms with van der Waals surface area (Å²) >= 11 is 1.41. The molecule has 0 bridgehead atoms. The Morgan fingerprint density at radius 2 is 2.25 bits per heavy atom. The molecule has 0 spiro atoms. The van der Waals surface area contributed by atoms with E-state index in [0.717, 1.165) is 4.88 Å². The van der Waals surface area contributed by atoms with E-state index in [1.165, 1.54) is 11.3 Å². The molecule has 0 aliphatic rings. The summed E-state index contributed by atoms with van der Waals surface area (Å²) in [6.45, 7) is 2.58. The Balaban J connectivity index is 1.92. The average molecular weight is 316 g/mol. The predicted octanol–water partition coefficient (Wildman–Crippen LogP) is 0.680. The molecule has 2 N–H and O–H groups in total. The first-order chi connectivity index (χ1) is 9.51. The van der Waals surface area contributed by atoms with Crippen LogP contribution in [0.15, 0.2) is 20.9 Å². The molecule has 20 heavy (non-hydrogen) atoms. The standard InChI is InChI=1S/C11H16N4O3S2/c1-8-14-11(15-18-8)3-4-13-20(16,17)10-5-9(6-12-2)19-7-10/h5,7,12-13H,3-4,6H2,1-2H3. The van der Waals surface area contributed by atoms with Gasteiger partial charge in [0.15, 0.2) is 5.82 Å². The summed E-state index contributed by atoms with van der Waals surface area (Å²) in [6.07, 6.45) is 0.393. The van der Waals surface area contributed by atoms with E-state index in [9.17, 15) is 8.42 Å². The highest BCUT2D eigenvalue weighted by atomic mass is 32.2. The highest BCUT2D eigenvalue weighted by Gasteiger charge is 2.16. The number of rotatable bonds is 7. The van der Waals surface area contributed by atoms with E-state index in [1.807, 2.05) is 7.05 Å². The zero-order valence-corrected chi connectivity index (χ0v) is 12.8. The van der Waals surface area contributed by atoms with Crippen LogP contribution in [0.5, 0.6) is 0 Å². The van der Waals surface area contributed by atoms with Crippen LogP contribution in [-0.4, -0.2) is 32.2 Å². The number of hydrogen-bond acceptors (Lipinski definition) is 7. The predicted molar refractivity (Wildman–Crippen MR) is 75.0 cm³/mol. The Morgan fingerprint density at radius 3 is 2.90 bits per heavy atom. The summed E-state index contributed by atoms with van der Waals surface area (Å²) < 4.78 is 31.5. The van der Waals surface area contributed by atoms with Crippen molar-refractivity contribution in [2.75, 3.05) is 13.6 Å². The second kappa shape index (κ2) is 6.44. The fourth-order valence-corrected chi connectivity index (χ4v) is 3.91. The number of hydrogen-bond donors (Lipinski definition) is 2. The van der Waals surface area contributed by atoms with Gasteiger partial charge in [-0.2, -0.15) is 4.98 Å². The SMILES string of the molecule is CNCc1cc(S(=O)(=O)NCCc2noc(C)n2)cs1. The number of aromatic nitrogens is 2. The molecule has 110 valence electrons. The van der Waals surface area contributed by atoms with Crippen LogP contribution < -0.4 is 10.0 Å². The summed E-state index contributed by atoms with van der Waals surface area (Å²) in [5.41, 5.74) is 0. The average Bonchev–Trinajstić information content (AvgIpc) is 2.99. The van der Waals surface area contributed by atoms with Crippen molar-refractivity contribution in [2.24, 2.45) is 0 Å². The summed E-state index contributed by atoms with van der Waals surface area (Å²) in [5, 5.41) is 8.33. The Kier molecular flexibility index (Phi) is 4.86. The molecular weight excluding hydrogens is 300 g/mol. The minimum atomic E-state index is -3.47. The van der Waals surface area contributed by atoms with Crippen molar-refractivity contribution in [1.29, 1.82) is 0 Å². The van der Waals surface area contributed by atoms with Gasteiger partial charge in [0.05, 0.1) is 4.90 Å². The minimum Gasteiger partial charge on any atom is -0.340 e. The van der Waals surface area contributed by atoms with Crippen molar-refractivity contribution in [3.63, 3.8) is 0 Å². The van der Waals surface area contributed by atoms with Gasteiger partial charge >= 0.3 is 0 Å². The van der Waals surface area contributed by atoms with Gasteiger partial charge in [-0.05, 0) is 13.1 Å². The van der Waals surface area contributed by atoms with Gasteiger partial charge in [-0.3, -0.25) is 0 Å². The largest absolute Gasteiger partial charge is 0.340 e. The Hall–Kier alpha value is -1.29. The van der Waals surface area contributed by atoms with Crippen LogP contribution in [0.3, 0.4) is 0 Å². The smallest absolute Gasteiger partial charge is 0.241 e. The monoisotopic (exact) mass is 316 g/mol. The summed E-state index contributed by atoms with van der Waals surface area (Å²) in [6, 6.07) is 1.67. The molecule has 0 aliphatic heterocycles. The van der Waals surface area contributed by atoms with Crippen LogP contribution in [0.25, 0.3) is 0 Å². The maximum atomic E-state index is 12.1. The lowest BCUT2D eigenvalue weighted by molar-refractivity contribution is 0.387. The molecule has 0 radical (unpaired) electrons. The minimum absolute atomic E-state index is 0.235. The topological polar surface area (TPSA) is 97.1 Å². The zero-order chi connectivity index (χ0) is 14.6. The van der Waals surface area contributed by atoms with E-state index < -0.39 is 10.0 Å². The summed E-state index contributed by atoms with van der Waals surface area (Å²) in [4.78, 5) is 5.28. The fraction of sp³-hybridized carbons (Fsp3) is 0.455. The van der Waals surface area contributed by atoms with Gasteiger partial charge in [0.2, 0.25) is 15.9 Å². The van der Waals surface area contributed by atoms with Gasteiger partial charge < -0.3 is 9.84 Å². The number of sulfonamides is 1. The molecule has 7 nitrogen and oxygen atoms in total. The van der Waals surface area contributed by atoms with E-state index in [4.69, 9.17) is 4.52 Å². The number of nitrogens with one attached hydrogen (secondary N) is 2. The second-order valence-corrected chi connectivity index (χ2v) is 6.92. The Morgan fingerprint density at radius 1 is 1.45 bits per heavy atom. The molecule has 2 aromatic heterocycles. The summed E-state index contributed by atoms with van der Waals surface area (Å²) in [5.74, 6) is 0.962. The maximum Gasteiger partial charge on any atom is 0.241 e. The van der Waals surface area contributed by atoms with E-state index in [0.29, 0.717) is 24.7 Å². The van der Waals surface area contributed by atoms with Gasteiger partial charge in [-0.15, -0.1) is 11.3 Å². The number of aryl methyl sites for hydroxylation is 1. The van der Waals surface area contributed by atoms with Crippen LogP contribution in [0.4, 0.5) is 0 Å². The van der Waals surface area contributed by atoms with Crippen LogP contribution in [-0.2, 0) is 23.0 Å². The third-order valence-corrected chi connectivity index (χ3v) is 5.03. The molecule has 0 atom stereocenters. The normalized spacial score (nSPS) is 11.9. The maximum absolute atomic E-state index is 12.1. The molecule has 0 fully saturated rings. The summed E-state index contributed by atoms with van der Waals surface area (Å²) in [7, 11) is -1.66. The highest BCUT2D eigenvalue weighted by Crippen LogP contribution is 2.18. The zero-order valence-electron chi connectivity index (χ0n) is 11.2. The molecule has 0 saturated heterocycles. The molecule has 2 aromatic rings. The quantitative estimate of drug-likeness (QED) is 0.779. The van der Waals surface area contributed by atoms with Gasteiger partial charge in [0.25, 0.3) is 0 Å². The Bertz CT molecular complexity index is 663. The van der Waals surface area contributed by atoms with Crippen molar-refractivity contribution >= 4 is 21.4 Å². The van der Waals surface area contributed by atoms with Gasteiger partial charge in [-0.1, -0.05) is 5.16 Å². The van der Waals surface area contributed by atoms with Crippen molar-refractivity contribution in [1.82, 2.24) is 20.2 Å². The van der Waals surface area contributed by atoms with E-state index in [2.05, 4.69) is 20.2 Å². The number of nitrogens with zero attached hydrogens (tertiary/aromatic N) is 2. The van der Waals surface area contributed by atoms with Crippen LogP contribution in [0.1, 0.15) is 16.6 Å². The van der Waals surface area contributed by atoms with E-state index >= 15 is 0 Å². The van der Waals surface area contributed by atoms with E-state index in [-0.39, 0.29) is 11.4 Å². The molecule has 2 heterocycles. The molecule has 0 unspecified atom stereocenters. The van der Waals surface area contributed by atoms with Gasteiger partial charge in [0.1, 0.15) is 0 Å². The second-order valence-electron chi connectivity index (χ2n) is 4.16. The fourth-order valence-electron chi connectivity index (χ4n) is 1.59. The van der Waals surface area contributed by atoms with Crippen molar-refractivity contribution in [3.05, 3.63) is 28.0 Å². The van der Waals surface area contributed by atoms with Crippen LogP contribution in [0, 0.1) is 6.92 Å². The molecule has 0 amide bonds. The lowest BCUT2D eigenvalue weighted by atomic mass is 10.4. The lowest BCUT2D eigenvalue weighted by Gasteiger charge is -2.02. The highest BCUT2D eigenvalue weighted by molar-refractivity contribution is 7.89. The van der Waals surface area contributed by atoms with Gasteiger partial charge in [-0.25, -0.2) is 13.1 Å². The molecule has 2 rings (SSSR count). The van der Waals surface area contributed by atoms with E-state index in [1.54, 1.807) is 18.4 Å². The molecule has 0 saturated carbocycles. The lowest BCUT2D eigenvalue weighted by Crippen LogP contribution is -2.25. The molecule has 0 aliphatic carbocycles. The number of thiophene rings is 1. The van der Waals surface area contributed by atoms with Crippen molar-refractivity contribution in [2.45, 2.75) is 24.8 Å². The van der Waals surface area contributed by atoms with Gasteiger partial charge in [0, 0.05) is 36.7 Å². The van der Waals surface area contributed by atoms with Crippen molar-refractivity contribution < 1.29 is 12.9 Å². The van der Waals surface area contributed by atoms with Crippen LogP contribution in [0.2, 0.25) is 0 Å². The molecular formula is C11H16N4O3S2. The third kappa shape index (κ3) is 3.85. The third-order valence-electron chi connectivity index (χ3n) is 2.50. The van der Waals surface area contributed by atoms with Crippen molar-refractivity contribution in [3.8, 4) is 0 Å². The Labute approximate surface area is 121 Å². The first kappa shape index (κ1) is 15.1.